The van der Waals surface area contributed by atoms with Crippen LogP contribution in [0.5, 0.6) is 0 Å². The molecule has 110 heavy (non-hydrogen) atoms. The summed E-state index contributed by atoms with van der Waals surface area (Å²) < 4.78 is 70.6. The molecule has 6 rings (SSSR count). The number of carboxylic acid groups (broad SMARTS) is 2. The third-order valence-corrected chi connectivity index (χ3v) is 20.4. The molecule has 4 amide bonds. The number of carbonyl (C=O) groups is 6. The summed E-state index contributed by atoms with van der Waals surface area (Å²) in [7, 11) is 0. The lowest BCUT2D eigenvalue weighted by Crippen LogP contribution is -2.72. The molecule has 0 aromatic rings. The molecule has 0 saturated carbocycles. The van der Waals surface area contributed by atoms with E-state index in [4.69, 9.17) is 56.8 Å². The van der Waals surface area contributed by atoms with E-state index in [1.54, 1.807) is 0 Å². The Morgan fingerprint density at radius 1 is 0.464 bits per heavy atom. The number of hydrogen-bond donors (Lipinski definition) is 25. The molecule has 0 radical (unpaired) electrons. The third-order valence-electron chi connectivity index (χ3n) is 20.4. The number of amides is 4. The predicted molar refractivity (Wildman–Crippen MR) is 361 cm³/mol. The van der Waals surface area contributed by atoms with Gasteiger partial charge in [0.05, 0.1) is 82.7 Å². The van der Waals surface area contributed by atoms with Crippen LogP contribution in [0.25, 0.3) is 0 Å². The Morgan fingerprint density at radius 3 is 1.33 bits per heavy atom. The van der Waals surface area contributed by atoms with E-state index in [1.165, 1.54) is 44.9 Å². The molecule has 0 spiro atoms. The molecule has 638 valence electrons. The minimum atomic E-state index is -3.35. The highest BCUT2D eigenvalue weighted by molar-refractivity contribution is 5.77. The standard InChI is InChI=1S/C67H116N4O39/c1-5-6-7-8-9-10-11-12-13-14-15-16-17-18-33(81)32(68-28-77)26-99-61-51(92)49(90)55(39(24-75)102-61)106-62-52(93)50(91)54(40(25-76)103-62)105-60-44(71-31(4)80)56(48(89)41(104-60)27-100-66(64(95)96)19-34(82)42(69-29(2)78)57(108-66)45(86)36(84)21-72)107-63-53(94)59(47(88)38(23-74)101-63)110-67(65(97)98)20-35(83)43(70-30(3)79)58(109-67)46(87)37(85)22-73/h28,32-63,72-76,81-94H,5-27H2,1-4H3,(H,68,77)(H,69,78)(H,70,79)(H,71,80)(H,95,96)(H,97,98)/t32-,33+,34-,35-,36+,37+,38+,39+,40+,41+,42+,43+,44+,45+,46+,47-,48-,49+,50+,51+,52+,53+,54-,55+,56+,57+,58+,59-,60-,61+,62-,63-,66+,67-/m0/s1. The summed E-state index contributed by atoms with van der Waals surface area (Å²) in [4.78, 5) is 76.4. The summed E-state index contributed by atoms with van der Waals surface area (Å²) in [5.74, 6) is -13.7. The number of aliphatic carboxylic acids is 2. The van der Waals surface area contributed by atoms with E-state index in [2.05, 4.69) is 28.2 Å². The molecule has 0 bridgehead atoms. The van der Waals surface area contributed by atoms with Gasteiger partial charge in [0.25, 0.3) is 11.6 Å². The highest BCUT2D eigenvalue weighted by Gasteiger charge is 2.63. The number of hydrogen-bond acceptors (Lipinski definition) is 37. The lowest BCUT2D eigenvalue weighted by atomic mass is 9.88. The minimum Gasteiger partial charge on any atom is -0.477 e. The Kier molecular flexibility index (Phi) is 38.3. The van der Waals surface area contributed by atoms with Crippen molar-refractivity contribution in [3.63, 3.8) is 0 Å². The molecule has 25 N–H and O–H groups in total. The first-order chi connectivity index (χ1) is 52.1. The van der Waals surface area contributed by atoms with E-state index in [0.29, 0.717) is 12.8 Å². The maximum absolute atomic E-state index is 13.4. The van der Waals surface area contributed by atoms with Crippen LogP contribution in [0.2, 0.25) is 0 Å². The van der Waals surface area contributed by atoms with Crippen LogP contribution in [-0.2, 0) is 85.6 Å². The van der Waals surface area contributed by atoms with Crippen LogP contribution in [0.15, 0.2) is 0 Å². The second-order valence-corrected chi connectivity index (χ2v) is 28.7. The van der Waals surface area contributed by atoms with Crippen LogP contribution in [0.1, 0.15) is 130 Å². The first kappa shape index (κ1) is 94.4. The molecule has 0 aliphatic carbocycles. The van der Waals surface area contributed by atoms with E-state index < -0.39 is 296 Å². The number of carboxylic acids is 2. The number of aliphatic hydroxyl groups excluding tert-OH is 19. The Labute approximate surface area is 632 Å². The molecular formula is C67H116N4O39. The molecule has 43 heteroatoms. The molecule has 0 aromatic carbocycles. The van der Waals surface area contributed by atoms with E-state index in [0.717, 1.165) is 52.9 Å². The van der Waals surface area contributed by atoms with Crippen molar-refractivity contribution in [2.75, 3.05) is 46.2 Å². The van der Waals surface area contributed by atoms with Crippen molar-refractivity contribution in [2.24, 2.45) is 0 Å². The maximum Gasteiger partial charge on any atom is 0.364 e. The van der Waals surface area contributed by atoms with Gasteiger partial charge in [0.1, 0.15) is 134 Å². The number of aliphatic hydroxyl groups is 19. The molecule has 6 aliphatic heterocycles. The number of ether oxygens (including phenoxy) is 12. The van der Waals surface area contributed by atoms with Gasteiger partial charge in [-0.2, -0.15) is 0 Å². The molecule has 34 atom stereocenters. The lowest BCUT2D eigenvalue weighted by Gasteiger charge is -2.52. The normalized spacial score (nSPS) is 38.6. The second-order valence-electron chi connectivity index (χ2n) is 28.7. The fourth-order valence-corrected chi connectivity index (χ4v) is 14.3. The summed E-state index contributed by atoms with van der Waals surface area (Å²) in [6.45, 7) is -2.80. The highest BCUT2D eigenvalue weighted by Crippen LogP contribution is 2.41. The predicted octanol–water partition coefficient (Wildman–Crippen LogP) is -10.3. The average molecular weight is 1600 g/mol. The topological polar surface area (TPSA) is 686 Å². The second kappa shape index (κ2) is 44.6. The largest absolute Gasteiger partial charge is 0.477 e. The summed E-state index contributed by atoms with van der Waals surface area (Å²) in [6.07, 6.45) is -48.4. The summed E-state index contributed by atoms with van der Waals surface area (Å²) in [6, 6.07) is -6.70. The first-order valence-corrected chi connectivity index (χ1v) is 37.1. The van der Waals surface area contributed by atoms with E-state index in [-0.39, 0.29) is 6.42 Å². The van der Waals surface area contributed by atoms with Crippen molar-refractivity contribution in [3.8, 4) is 0 Å². The lowest BCUT2D eigenvalue weighted by molar-refractivity contribution is -0.391. The first-order valence-electron chi connectivity index (χ1n) is 37.1. The third kappa shape index (κ3) is 24.3. The van der Waals surface area contributed by atoms with Gasteiger partial charge < -0.3 is 185 Å². The van der Waals surface area contributed by atoms with Gasteiger partial charge in [-0.25, -0.2) is 9.59 Å². The van der Waals surface area contributed by atoms with Crippen LogP contribution in [0.4, 0.5) is 0 Å². The monoisotopic (exact) mass is 1600 g/mol. The van der Waals surface area contributed by atoms with Gasteiger partial charge in [0.15, 0.2) is 25.2 Å². The van der Waals surface area contributed by atoms with Crippen molar-refractivity contribution in [3.05, 3.63) is 0 Å². The molecule has 43 nitrogen and oxygen atoms in total. The SMILES string of the molecule is CCCCCCCCCCCCCCC[C@@H](O)[C@H](CO[C@@H]1O[C@H](CO)[C@@H](O[C@@H]2O[C@H](CO)[C@H](O[C@@H]3O[C@H](CO[C@]4(C(=O)O)C[C@H](O)[C@@H](NC(C)=O)[C@H]([C@H](O)[C@H](O)CO)O4)[C@H](O)[C@H](O[C@@H]4O[C@H](CO)[C@H](O)[C@H](O[C@]5(C(=O)O)C[C@H](O)[C@@H](NC(C)=O)[C@H]([C@H](O)[C@H](O)CO)O5)[C@H]4O)[C@H]3NC(C)=O)[C@H](O)[C@H]2O)[C@H](O)[C@H]1O)NC=O. The quantitative estimate of drug-likeness (QED) is 0.0199. The summed E-state index contributed by atoms with van der Waals surface area (Å²) in [5, 5.41) is 243. The van der Waals surface area contributed by atoms with Crippen molar-refractivity contribution in [2.45, 2.75) is 338 Å². The van der Waals surface area contributed by atoms with Gasteiger partial charge in [0, 0.05) is 33.6 Å². The molecule has 6 saturated heterocycles. The molecule has 6 fully saturated rings. The van der Waals surface area contributed by atoms with Crippen LogP contribution >= 0.6 is 0 Å². The molecule has 0 aromatic heterocycles. The van der Waals surface area contributed by atoms with Gasteiger partial charge in [-0.3, -0.25) is 19.2 Å². The van der Waals surface area contributed by atoms with E-state index in [9.17, 15) is 136 Å². The number of carbonyl (C=O) groups excluding carboxylic acids is 4. The number of unbranched alkanes of at least 4 members (excludes halogenated alkanes) is 12. The zero-order valence-corrected chi connectivity index (χ0v) is 61.6. The van der Waals surface area contributed by atoms with Crippen molar-refractivity contribution < 1.29 is 193 Å². The fourth-order valence-electron chi connectivity index (χ4n) is 14.3. The minimum absolute atomic E-state index is 0.257. The van der Waals surface area contributed by atoms with Gasteiger partial charge in [-0.05, 0) is 6.42 Å². The van der Waals surface area contributed by atoms with Crippen molar-refractivity contribution in [1.29, 1.82) is 0 Å². The van der Waals surface area contributed by atoms with Gasteiger partial charge in [0.2, 0.25) is 24.1 Å². The average Bonchev–Trinajstić information content (AvgIpc) is 0.762. The van der Waals surface area contributed by atoms with Gasteiger partial charge in [-0.15, -0.1) is 0 Å². The zero-order chi connectivity index (χ0) is 81.6. The Balaban J connectivity index is 1.27. The summed E-state index contributed by atoms with van der Waals surface area (Å²) in [5.41, 5.74) is 0. The van der Waals surface area contributed by atoms with E-state index >= 15 is 0 Å². The van der Waals surface area contributed by atoms with Gasteiger partial charge in [-0.1, -0.05) is 90.4 Å². The van der Waals surface area contributed by atoms with E-state index in [1.807, 2.05) is 0 Å². The Morgan fingerprint density at radius 2 is 0.864 bits per heavy atom. The highest BCUT2D eigenvalue weighted by atomic mass is 16.8. The van der Waals surface area contributed by atoms with Gasteiger partial charge >= 0.3 is 11.9 Å². The smallest absolute Gasteiger partial charge is 0.364 e. The summed E-state index contributed by atoms with van der Waals surface area (Å²) >= 11 is 0. The number of rotatable bonds is 45. The fraction of sp³-hybridized carbons (Fsp3) is 0.910. The van der Waals surface area contributed by atoms with Crippen molar-refractivity contribution in [1.82, 2.24) is 21.3 Å². The van der Waals surface area contributed by atoms with Crippen LogP contribution < -0.4 is 21.3 Å². The maximum atomic E-state index is 13.4. The number of nitrogens with one attached hydrogen (secondary N) is 4. The van der Waals surface area contributed by atoms with Crippen LogP contribution in [-0.4, -0.2) is 397 Å². The Bertz CT molecular complexity index is 2800. The van der Waals surface area contributed by atoms with Crippen LogP contribution in [0.3, 0.4) is 0 Å². The molecule has 6 heterocycles. The zero-order valence-electron chi connectivity index (χ0n) is 61.6. The Hall–Kier alpha value is -4.42. The molecule has 6 aliphatic rings. The van der Waals surface area contributed by atoms with Crippen LogP contribution in [0, 0.1) is 0 Å². The van der Waals surface area contributed by atoms with Crippen molar-refractivity contribution >= 4 is 36.1 Å². The molecule has 0 unspecified atom stereocenters. The molecular weight excluding hydrogens is 1480 g/mol.